The first-order chi connectivity index (χ1) is 6.06. The van der Waals surface area contributed by atoms with Gasteiger partial charge in [0.15, 0.2) is 0 Å². The summed E-state index contributed by atoms with van der Waals surface area (Å²) in [4.78, 5) is 33.1. The fourth-order valence-corrected chi connectivity index (χ4v) is 1.28. The second kappa shape index (κ2) is 5.48. The summed E-state index contributed by atoms with van der Waals surface area (Å²) in [5, 5.41) is 4.13. The van der Waals surface area contributed by atoms with Crippen molar-refractivity contribution in [3.05, 3.63) is 0 Å². The van der Waals surface area contributed by atoms with Crippen LogP contribution in [0.2, 0.25) is 0 Å². The Hall–Kier alpha value is -0.390. The van der Waals surface area contributed by atoms with E-state index in [0.29, 0.717) is 0 Å². The molecule has 5 nitrogen and oxygen atoms in total. The molecular formula is C8H12N2NaO3. The van der Waals surface area contributed by atoms with E-state index in [1.54, 1.807) is 6.92 Å². The van der Waals surface area contributed by atoms with Crippen LogP contribution in [-0.2, 0) is 9.59 Å². The Morgan fingerprint density at radius 1 is 1.21 bits per heavy atom. The number of rotatable bonds is 2. The normalized spacial score (nSPS) is 19.4. The maximum Gasteiger partial charge on any atom is 0.328 e. The molecule has 2 N–H and O–H groups in total. The van der Waals surface area contributed by atoms with Gasteiger partial charge in [0.1, 0.15) is 5.92 Å². The van der Waals surface area contributed by atoms with Crippen LogP contribution in [0.1, 0.15) is 20.3 Å². The van der Waals surface area contributed by atoms with Crippen molar-refractivity contribution in [2.75, 3.05) is 0 Å². The zero-order valence-corrected chi connectivity index (χ0v) is 10.6. The van der Waals surface area contributed by atoms with Gasteiger partial charge in [-0.15, -0.1) is 0 Å². The molecule has 73 valence electrons. The third-order valence-electron chi connectivity index (χ3n) is 2.25. The van der Waals surface area contributed by atoms with Crippen molar-refractivity contribution in [2.45, 2.75) is 20.3 Å². The van der Waals surface area contributed by atoms with Gasteiger partial charge >= 0.3 is 6.03 Å². The van der Waals surface area contributed by atoms with Crippen molar-refractivity contribution in [3.8, 4) is 0 Å². The van der Waals surface area contributed by atoms with Gasteiger partial charge in [-0.1, -0.05) is 20.3 Å². The summed E-state index contributed by atoms with van der Waals surface area (Å²) in [7, 11) is 0. The molecule has 0 aromatic heterocycles. The standard InChI is InChI=1S/C8H12N2O3.Na/c1-3-4(2)5-6(11)9-8(13)10-7(5)12;/h4-5H,3H2,1-2H3,(H2,9,10,11,12,13);. The number of urea groups is 1. The van der Waals surface area contributed by atoms with Crippen molar-refractivity contribution in [1.82, 2.24) is 10.6 Å². The number of hydrogen-bond acceptors (Lipinski definition) is 3. The number of barbiturate groups is 1. The van der Waals surface area contributed by atoms with Crippen LogP contribution in [0.5, 0.6) is 0 Å². The Balaban J connectivity index is 0.00000169. The van der Waals surface area contributed by atoms with E-state index >= 15 is 0 Å². The molecule has 1 aliphatic heterocycles. The fourth-order valence-electron chi connectivity index (χ4n) is 1.28. The average Bonchev–Trinajstić information content (AvgIpc) is 2.02. The van der Waals surface area contributed by atoms with E-state index in [1.165, 1.54) is 0 Å². The van der Waals surface area contributed by atoms with Crippen molar-refractivity contribution in [2.24, 2.45) is 11.8 Å². The van der Waals surface area contributed by atoms with Gasteiger partial charge in [-0.05, 0) is 5.92 Å². The van der Waals surface area contributed by atoms with Crippen molar-refractivity contribution < 1.29 is 14.4 Å². The molecule has 14 heavy (non-hydrogen) atoms. The largest absolute Gasteiger partial charge is 0.328 e. The summed E-state index contributed by atoms with van der Waals surface area (Å²) in [6.45, 7) is 3.70. The second-order valence-electron chi connectivity index (χ2n) is 3.17. The first-order valence-electron chi connectivity index (χ1n) is 4.22. The third-order valence-corrected chi connectivity index (χ3v) is 2.25. The molecule has 1 saturated heterocycles. The summed E-state index contributed by atoms with van der Waals surface area (Å²) >= 11 is 0. The molecule has 1 atom stereocenters. The molecule has 0 spiro atoms. The molecule has 1 aliphatic rings. The number of nitrogens with one attached hydrogen (secondary N) is 2. The number of carbonyl (C=O) groups is 3. The quantitative estimate of drug-likeness (QED) is 0.479. The van der Waals surface area contributed by atoms with Gasteiger partial charge in [-0.3, -0.25) is 20.2 Å². The molecular weight excluding hydrogens is 195 g/mol. The maximum absolute atomic E-state index is 11.2. The van der Waals surface area contributed by atoms with E-state index in [0.717, 1.165) is 6.42 Å². The van der Waals surface area contributed by atoms with Crippen LogP contribution in [0.25, 0.3) is 0 Å². The van der Waals surface area contributed by atoms with Crippen molar-refractivity contribution in [3.63, 3.8) is 0 Å². The van der Waals surface area contributed by atoms with Crippen LogP contribution in [0.3, 0.4) is 0 Å². The van der Waals surface area contributed by atoms with Crippen LogP contribution in [0, 0.1) is 11.8 Å². The SMILES string of the molecule is CCC(C)C1C(=O)NC(=O)NC1=O.[Na]. The molecule has 0 aromatic carbocycles. The van der Waals surface area contributed by atoms with E-state index in [2.05, 4.69) is 10.6 Å². The molecule has 1 fully saturated rings. The van der Waals surface area contributed by atoms with Gasteiger partial charge in [0.25, 0.3) is 0 Å². The van der Waals surface area contributed by atoms with Gasteiger partial charge in [0, 0.05) is 29.6 Å². The van der Waals surface area contributed by atoms with Crippen LogP contribution < -0.4 is 10.6 Å². The number of hydrogen-bond donors (Lipinski definition) is 2. The van der Waals surface area contributed by atoms with Gasteiger partial charge in [-0.2, -0.15) is 0 Å². The van der Waals surface area contributed by atoms with E-state index in [9.17, 15) is 14.4 Å². The molecule has 1 unspecified atom stereocenters. The molecule has 0 aromatic rings. The number of imide groups is 2. The van der Waals surface area contributed by atoms with Crippen molar-refractivity contribution >= 4 is 47.4 Å². The van der Waals surface area contributed by atoms with Crippen LogP contribution in [0.15, 0.2) is 0 Å². The van der Waals surface area contributed by atoms with Gasteiger partial charge in [0.2, 0.25) is 11.8 Å². The molecule has 1 rings (SSSR count). The smallest absolute Gasteiger partial charge is 0.277 e. The Bertz CT molecular complexity index is 247. The summed E-state index contributed by atoms with van der Waals surface area (Å²) in [5.74, 6) is -1.78. The van der Waals surface area contributed by atoms with Crippen LogP contribution in [-0.4, -0.2) is 47.4 Å². The molecule has 4 amide bonds. The van der Waals surface area contributed by atoms with Gasteiger partial charge in [-0.25, -0.2) is 4.79 Å². The summed E-state index contributed by atoms with van der Waals surface area (Å²) in [6.07, 6.45) is 0.722. The van der Waals surface area contributed by atoms with Crippen LogP contribution >= 0.6 is 0 Å². The zero-order chi connectivity index (χ0) is 10.0. The Morgan fingerprint density at radius 3 is 2.00 bits per heavy atom. The first-order valence-corrected chi connectivity index (χ1v) is 4.22. The predicted octanol–water partition coefficient (Wildman–Crippen LogP) is -0.366. The molecule has 6 heteroatoms. The summed E-state index contributed by atoms with van der Waals surface area (Å²) in [5.41, 5.74) is 0. The maximum atomic E-state index is 11.2. The zero-order valence-electron chi connectivity index (χ0n) is 8.59. The average molecular weight is 207 g/mol. The van der Waals surface area contributed by atoms with E-state index < -0.39 is 23.8 Å². The second-order valence-corrected chi connectivity index (χ2v) is 3.17. The number of amides is 4. The first kappa shape index (κ1) is 13.6. The Morgan fingerprint density at radius 2 is 1.64 bits per heavy atom. The molecule has 0 bridgehead atoms. The van der Waals surface area contributed by atoms with E-state index in [1.807, 2.05) is 6.92 Å². The predicted molar refractivity (Wildman–Crippen MR) is 50.4 cm³/mol. The summed E-state index contributed by atoms with van der Waals surface area (Å²) < 4.78 is 0. The van der Waals surface area contributed by atoms with E-state index in [4.69, 9.17) is 0 Å². The topological polar surface area (TPSA) is 75.3 Å². The fraction of sp³-hybridized carbons (Fsp3) is 0.625. The number of carbonyl (C=O) groups excluding carboxylic acids is 3. The molecule has 1 radical (unpaired) electrons. The molecule has 0 aliphatic carbocycles. The van der Waals surface area contributed by atoms with Gasteiger partial charge in [0.05, 0.1) is 0 Å². The third kappa shape index (κ3) is 2.80. The van der Waals surface area contributed by atoms with Crippen LogP contribution in [0.4, 0.5) is 4.79 Å². The van der Waals surface area contributed by atoms with E-state index in [-0.39, 0.29) is 35.5 Å². The Labute approximate surface area is 104 Å². The monoisotopic (exact) mass is 207 g/mol. The minimum atomic E-state index is -0.734. The Kier molecular flexibility index (Phi) is 5.33. The van der Waals surface area contributed by atoms with Crippen molar-refractivity contribution in [1.29, 1.82) is 0 Å². The minimum Gasteiger partial charge on any atom is -0.277 e. The molecule has 0 saturated carbocycles. The van der Waals surface area contributed by atoms with Gasteiger partial charge < -0.3 is 0 Å². The minimum absolute atomic E-state index is 0. The summed E-state index contributed by atoms with van der Waals surface area (Å²) in [6, 6.07) is -0.727. The molecule has 1 heterocycles.